The quantitative estimate of drug-likeness (QED) is 0.884. The summed E-state index contributed by atoms with van der Waals surface area (Å²) in [5.74, 6) is 0.382. The Morgan fingerprint density at radius 3 is 2.04 bits per heavy atom. The van der Waals surface area contributed by atoms with Crippen LogP contribution in [0.25, 0.3) is 0 Å². The molecule has 0 aliphatic carbocycles. The molecule has 2 aromatic carbocycles. The number of hydrogen-bond donors (Lipinski definition) is 1. The van der Waals surface area contributed by atoms with Crippen LogP contribution in [0.1, 0.15) is 38.2 Å². The van der Waals surface area contributed by atoms with E-state index in [1.165, 1.54) is 12.8 Å². The highest BCUT2D eigenvalue weighted by atomic mass is 32.2. The second kappa shape index (κ2) is 6.85. The SMILES string of the molecule is CC(C)c1ccc(S(=O)(=O)Nc2ccc(N3CCCC3)cc2)cc1. The van der Waals surface area contributed by atoms with Crippen LogP contribution in [0.2, 0.25) is 0 Å². The van der Waals surface area contributed by atoms with Gasteiger partial charge in [-0.05, 0) is 60.7 Å². The minimum absolute atomic E-state index is 0.288. The summed E-state index contributed by atoms with van der Waals surface area (Å²) in [7, 11) is -3.55. The first-order valence-corrected chi connectivity index (χ1v) is 9.92. The van der Waals surface area contributed by atoms with E-state index in [9.17, 15) is 8.42 Å². The van der Waals surface area contributed by atoms with Gasteiger partial charge < -0.3 is 4.90 Å². The highest BCUT2D eigenvalue weighted by molar-refractivity contribution is 7.92. The topological polar surface area (TPSA) is 49.4 Å². The van der Waals surface area contributed by atoms with Crippen molar-refractivity contribution in [3.63, 3.8) is 0 Å². The molecule has 0 amide bonds. The van der Waals surface area contributed by atoms with Crippen LogP contribution in [0.5, 0.6) is 0 Å². The fourth-order valence-electron chi connectivity index (χ4n) is 2.96. The third kappa shape index (κ3) is 3.73. The first-order valence-electron chi connectivity index (χ1n) is 8.43. The second-order valence-electron chi connectivity index (χ2n) is 6.57. The molecule has 1 fully saturated rings. The Hall–Kier alpha value is -2.01. The van der Waals surface area contributed by atoms with Gasteiger partial charge >= 0.3 is 0 Å². The van der Waals surface area contributed by atoms with E-state index in [0.29, 0.717) is 11.6 Å². The molecule has 128 valence electrons. The number of hydrogen-bond acceptors (Lipinski definition) is 3. The Morgan fingerprint density at radius 2 is 1.50 bits per heavy atom. The van der Waals surface area contributed by atoms with Crippen molar-refractivity contribution >= 4 is 21.4 Å². The van der Waals surface area contributed by atoms with E-state index >= 15 is 0 Å². The Kier molecular flexibility index (Phi) is 4.81. The maximum atomic E-state index is 12.5. The highest BCUT2D eigenvalue weighted by Crippen LogP contribution is 2.24. The van der Waals surface area contributed by atoms with Crippen LogP contribution in [0.4, 0.5) is 11.4 Å². The molecule has 3 rings (SSSR count). The molecule has 2 aromatic rings. The molecule has 0 spiro atoms. The average molecular weight is 344 g/mol. The zero-order chi connectivity index (χ0) is 17.2. The molecule has 1 N–H and O–H groups in total. The van der Waals surface area contributed by atoms with E-state index in [0.717, 1.165) is 24.3 Å². The summed E-state index contributed by atoms with van der Waals surface area (Å²) in [4.78, 5) is 2.61. The van der Waals surface area contributed by atoms with Gasteiger partial charge in [0.1, 0.15) is 0 Å². The van der Waals surface area contributed by atoms with Gasteiger partial charge in [-0.25, -0.2) is 8.42 Å². The van der Waals surface area contributed by atoms with Gasteiger partial charge in [-0.2, -0.15) is 0 Å². The maximum Gasteiger partial charge on any atom is 0.261 e. The lowest BCUT2D eigenvalue weighted by Gasteiger charge is -2.18. The Labute approximate surface area is 144 Å². The van der Waals surface area contributed by atoms with Crippen molar-refractivity contribution in [1.29, 1.82) is 0 Å². The molecular weight excluding hydrogens is 320 g/mol. The Balaban J connectivity index is 1.73. The monoisotopic (exact) mass is 344 g/mol. The number of nitrogens with zero attached hydrogens (tertiary/aromatic N) is 1. The summed E-state index contributed by atoms with van der Waals surface area (Å²) in [6.45, 7) is 6.33. The van der Waals surface area contributed by atoms with Crippen molar-refractivity contribution in [3.8, 4) is 0 Å². The predicted molar refractivity (Wildman–Crippen MR) is 99.2 cm³/mol. The number of benzene rings is 2. The Bertz CT molecular complexity index is 775. The lowest BCUT2D eigenvalue weighted by molar-refractivity contribution is 0.601. The number of sulfonamides is 1. The maximum absolute atomic E-state index is 12.5. The molecule has 4 nitrogen and oxygen atoms in total. The minimum atomic E-state index is -3.55. The summed E-state index contributed by atoms with van der Waals surface area (Å²) in [5, 5.41) is 0. The first kappa shape index (κ1) is 16.8. The van der Waals surface area contributed by atoms with Crippen molar-refractivity contribution in [1.82, 2.24) is 0 Å². The summed E-state index contributed by atoms with van der Waals surface area (Å²) in [6, 6.07) is 14.7. The summed E-state index contributed by atoms with van der Waals surface area (Å²) >= 11 is 0. The van der Waals surface area contributed by atoms with Crippen LogP contribution in [0.15, 0.2) is 53.4 Å². The molecule has 1 heterocycles. The molecule has 24 heavy (non-hydrogen) atoms. The van der Waals surface area contributed by atoms with Gasteiger partial charge in [0.25, 0.3) is 10.0 Å². The van der Waals surface area contributed by atoms with E-state index in [1.807, 2.05) is 36.4 Å². The molecule has 0 atom stereocenters. The second-order valence-corrected chi connectivity index (χ2v) is 8.25. The molecule has 1 aliphatic heterocycles. The first-order chi connectivity index (χ1) is 11.5. The summed E-state index contributed by atoms with van der Waals surface area (Å²) in [6.07, 6.45) is 2.45. The van der Waals surface area contributed by atoms with Gasteiger partial charge in [-0.1, -0.05) is 26.0 Å². The predicted octanol–water partition coefficient (Wildman–Crippen LogP) is 4.21. The molecule has 0 unspecified atom stereocenters. The van der Waals surface area contributed by atoms with Crippen molar-refractivity contribution in [2.24, 2.45) is 0 Å². The number of anilines is 2. The Morgan fingerprint density at radius 1 is 0.917 bits per heavy atom. The van der Waals surface area contributed by atoms with Gasteiger partial charge in [-0.15, -0.1) is 0 Å². The van der Waals surface area contributed by atoms with Crippen LogP contribution >= 0.6 is 0 Å². The van der Waals surface area contributed by atoms with Crippen molar-refractivity contribution in [2.75, 3.05) is 22.7 Å². The molecule has 1 aliphatic rings. The smallest absolute Gasteiger partial charge is 0.261 e. The molecular formula is C19H24N2O2S. The van der Waals surface area contributed by atoms with Gasteiger partial charge in [0.15, 0.2) is 0 Å². The fourth-order valence-corrected chi connectivity index (χ4v) is 4.02. The lowest BCUT2D eigenvalue weighted by Crippen LogP contribution is -2.17. The summed E-state index contributed by atoms with van der Waals surface area (Å²) in [5.41, 5.74) is 2.87. The molecule has 5 heteroatoms. The van der Waals surface area contributed by atoms with E-state index < -0.39 is 10.0 Å². The fraction of sp³-hybridized carbons (Fsp3) is 0.368. The van der Waals surface area contributed by atoms with Gasteiger partial charge in [0.05, 0.1) is 4.90 Å². The van der Waals surface area contributed by atoms with Gasteiger partial charge in [0, 0.05) is 24.5 Å². The zero-order valence-corrected chi connectivity index (χ0v) is 15.0. The average Bonchev–Trinajstić information content (AvgIpc) is 3.10. The number of nitrogens with one attached hydrogen (secondary N) is 1. The molecule has 0 bridgehead atoms. The van der Waals surface area contributed by atoms with E-state index in [1.54, 1.807) is 12.1 Å². The minimum Gasteiger partial charge on any atom is -0.372 e. The lowest BCUT2D eigenvalue weighted by atomic mass is 10.0. The number of rotatable bonds is 5. The zero-order valence-electron chi connectivity index (χ0n) is 14.2. The van der Waals surface area contributed by atoms with Gasteiger partial charge in [-0.3, -0.25) is 4.72 Å². The highest BCUT2D eigenvalue weighted by Gasteiger charge is 2.16. The molecule has 1 saturated heterocycles. The van der Waals surface area contributed by atoms with E-state index in [4.69, 9.17) is 0 Å². The van der Waals surface area contributed by atoms with Crippen LogP contribution < -0.4 is 9.62 Å². The molecule has 0 aromatic heterocycles. The van der Waals surface area contributed by atoms with Gasteiger partial charge in [0.2, 0.25) is 0 Å². The van der Waals surface area contributed by atoms with Crippen LogP contribution in [-0.4, -0.2) is 21.5 Å². The van der Waals surface area contributed by atoms with Crippen LogP contribution in [0.3, 0.4) is 0 Å². The van der Waals surface area contributed by atoms with Crippen molar-refractivity contribution in [3.05, 3.63) is 54.1 Å². The summed E-state index contributed by atoms with van der Waals surface area (Å²) < 4.78 is 27.7. The molecule has 0 radical (unpaired) electrons. The van der Waals surface area contributed by atoms with E-state index in [-0.39, 0.29) is 4.90 Å². The van der Waals surface area contributed by atoms with E-state index in [2.05, 4.69) is 23.5 Å². The van der Waals surface area contributed by atoms with Crippen LogP contribution in [-0.2, 0) is 10.0 Å². The normalized spacial score (nSPS) is 15.0. The standard InChI is InChI=1S/C19H24N2O2S/c1-15(2)16-5-11-19(12-6-16)24(22,23)20-17-7-9-18(10-8-17)21-13-3-4-14-21/h5-12,15,20H,3-4,13-14H2,1-2H3. The van der Waals surface area contributed by atoms with Crippen molar-refractivity contribution < 1.29 is 8.42 Å². The molecule has 0 saturated carbocycles. The third-order valence-corrected chi connectivity index (χ3v) is 5.84. The third-order valence-electron chi connectivity index (χ3n) is 4.45. The van der Waals surface area contributed by atoms with Crippen LogP contribution in [0, 0.1) is 0 Å². The van der Waals surface area contributed by atoms with Crippen molar-refractivity contribution in [2.45, 2.75) is 37.5 Å². The largest absolute Gasteiger partial charge is 0.372 e.